The number of hydrogen-bond acceptors (Lipinski definition) is 4. The molecule has 2 aromatic rings. The fourth-order valence-electron chi connectivity index (χ4n) is 3.46. The van der Waals surface area contributed by atoms with Crippen LogP contribution in [0.5, 0.6) is 0 Å². The molecular formula is C24H35BO2S2. The van der Waals surface area contributed by atoms with Crippen molar-refractivity contribution in [2.75, 3.05) is 0 Å². The van der Waals surface area contributed by atoms with Gasteiger partial charge in [0.05, 0.1) is 11.2 Å². The molecule has 0 spiro atoms. The molecule has 29 heavy (non-hydrogen) atoms. The first-order chi connectivity index (χ1) is 13.8. The summed E-state index contributed by atoms with van der Waals surface area (Å²) in [5.41, 5.74) is 2.30. The lowest BCUT2D eigenvalue weighted by atomic mass is 9.87. The van der Waals surface area contributed by atoms with E-state index in [4.69, 9.17) is 9.31 Å². The van der Waals surface area contributed by atoms with Crippen LogP contribution < -0.4 is 4.78 Å². The van der Waals surface area contributed by atoms with Gasteiger partial charge in [-0.1, -0.05) is 26.7 Å². The van der Waals surface area contributed by atoms with Crippen LogP contribution in [-0.2, 0) is 22.2 Å². The standard InChI is InChI=1S/C24H35BO2S2/c1-7-9-11-18-15-16-28-20(18)13-14-21-19(12-10-8-2)17-22(29-21)25-26-23(3,4)24(5,6)27-25/h13-17H,7-12H2,1-6H3. The topological polar surface area (TPSA) is 18.5 Å². The van der Waals surface area contributed by atoms with E-state index in [1.165, 1.54) is 57.8 Å². The number of hydrogen-bond donors (Lipinski definition) is 0. The van der Waals surface area contributed by atoms with Crippen molar-refractivity contribution < 1.29 is 9.31 Å². The summed E-state index contributed by atoms with van der Waals surface area (Å²) >= 11 is 3.67. The van der Waals surface area contributed by atoms with Crippen LogP contribution in [-0.4, -0.2) is 18.3 Å². The molecule has 0 unspecified atom stereocenters. The molecule has 1 aliphatic heterocycles. The highest BCUT2D eigenvalue weighted by Gasteiger charge is 2.52. The average molecular weight is 430 g/mol. The fourth-order valence-corrected chi connectivity index (χ4v) is 5.39. The zero-order valence-corrected chi connectivity index (χ0v) is 20.5. The monoisotopic (exact) mass is 430 g/mol. The van der Waals surface area contributed by atoms with Crippen molar-refractivity contribution in [2.24, 2.45) is 0 Å². The van der Waals surface area contributed by atoms with Crippen molar-refractivity contribution >= 4 is 46.7 Å². The van der Waals surface area contributed by atoms with Crippen LogP contribution >= 0.6 is 22.7 Å². The highest BCUT2D eigenvalue weighted by atomic mass is 32.1. The third-order valence-electron chi connectivity index (χ3n) is 6.11. The third-order valence-corrected chi connectivity index (χ3v) is 8.20. The Morgan fingerprint density at radius 3 is 2.10 bits per heavy atom. The summed E-state index contributed by atoms with van der Waals surface area (Å²) in [7, 11) is -0.269. The molecule has 0 bridgehead atoms. The summed E-state index contributed by atoms with van der Waals surface area (Å²) < 4.78 is 13.8. The van der Waals surface area contributed by atoms with Crippen molar-refractivity contribution in [1.82, 2.24) is 0 Å². The summed E-state index contributed by atoms with van der Waals surface area (Å²) in [6.45, 7) is 13.0. The maximum absolute atomic E-state index is 6.30. The Morgan fingerprint density at radius 2 is 1.48 bits per heavy atom. The first-order valence-corrected chi connectivity index (χ1v) is 12.7. The average Bonchev–Trinajstić information content (AvgIpc) is 3.33. The van der Waals surface area contributed by atoms with Gasteiger partial charge in [-0.05, 0) is 94.2 Å². The van der Waals surface area contributed by atoms with E-state index in [0.717, 1.165) is 6.42 Å². The van der Waals surface area contributed by atoms with Gasteiger partial charge in [0.25, 0.3) is 0 Å². The summed E-state index contributed by atoms with van der Waals surface area (Å²) in [4.78, 5) is 2.74. The minimum absolute atomic E-state index is 0.269. The van der Waals surface area contributed by atoms with Gasteiger partial charge in [0.15, 0.2) is 0 Å². The zero-order valence-electron chi connectivity index (χ0n) is 18.8. The molecule has 1 saturated heterocycles. The largest absolute Gasteiger partial charge is 0.505 e. The number of unbranched alkanes of at least 4 members (excludes halogenated alkanes) is 2. The van der Waals surface area contributed by atoms with Gasteiger partial charge in [-0.2, -0.15) is 0 Å². The molecule has 0 N–H and O–H groups in total. The molecule has 0 atom stereocenters. The van der Waals surface area contributed by atoms with Crippen molar-refractivity contribution in [1.29, 1.82) is 0 Å². The number of aryl methyl sites for hydroxylation is 2. The molecule has 0 radical (unpaired) electrons. The summed E-state index contributed by atoms with van der Waals surface area (Å²) in [6, 6.07) is 4.59. The second-order valence-electron chi connectivity index (χ2n) is 8.98. The van der Waals surface area contributed by atoms with E-state index in [9.17, 15) is 0 Å². The van der Waals surface area contributed by atoms with Crippen LogP contribution in [0.4, 0.5) is 0 Å². The quantitative estimate of drug-likeness (QED) is 0.400. The van der Waals surface area contributed by atoms with Crippen LogP contribution in [0.1, 0.15) is 88.1 Å². The maximum Gasteiger partial charge on any atom is 0.505 e. The molecule has 2 nitrogen and oxygen atoms in total. The van der Waals surface area contributed by atoms with Gasteiger partial charge < -0.3 is 9.31 Å². The van der Waals surface area contributed by atoms with Gasteiger partial charge in [-0.25, -0.2) is 0 Å². The van der Waals surface area contributed by atoms with Crippen LogP contribution in [0.2, 0.25) is 0 Å². The number of rotatable bonds is 9. The van der Waals surface area contributed by atoms with Crippen molar-refractivity contribution in [3.05, 3.63) is 38.4 Å². The third kappa shape index (κ3) is 5.25. The van der Waals surface area contributed by atoms with Crippen LogP contribution in [0.3, 0.4) is 0 Å². The van der Waals surface area contributed by atoms with E-state index in [0.29, 0.717) is 0 Å². The van der Waals surface area contributed by atoms with Crippen LogP contribution in [0.25, 0.3) is 12.2 Å². The summed E-state index contributed by atoms with van der Waals surface area (Å²) in [5, 5.41) is 2.22. The Labute approximate surface area is 185 Å². The fraction of sp³-hybridized carbons (Fsp3) is 0.583. The molecule has 0 amide bonds. The minimum Gasteiger partial charge on any atom is -0.399 e. The van der Waals surface area contributed by atoms with Crippen LogP contribution in [0, 0.1) is 0 Å². The molecule has 158 valence electrons. The summed E-state index contributed by atoms with van der Waals surface area (Å²) in [6.07, 6.45) is 11.8. The SMILES string of the molecule is CCCCc1ccsc1C=Cc1sc(B2OC(C)(C)C(C)(C)O2)cc1CCCC. The molecule has 1 fully saturated rings. The highest BCUT2D eigenvalue weighted by Crippen LogP contribution is 2.37. The lowest BCUT2D eigenvalue weighted by Crippen LogP contribution is -2.41. The Kier molecular flexibility index (Phi) is 7.48. The second kappa shape index (κ2) is 9.51. The predicted octanol–water partition coefficient (Wildman–Crippen LogP) is 6.96. The van der Waals surface area contributed by atoms with Gasteiger partial charge in [0.1, 0.15) is 0 Å². The molecule has 2 aromatic heterocycles. The van der Waals surface area contributed by atoms with Crippen molar-refractivity contribution in [3.63, 3.8) is 0 Å². The van der Waals surface area contributed by atoms with E-state index in [1.807, 2.05) is 22.7 Å². The zero-order chi connectivity index (χ0) is 21.1. The van der Waals surface area contributed by atoms with E-state index < -0.39 is 0 Å². The predicted molar refractivity (Wildman–Crippen MR) is 131 cm³/mol. The lowest BCUT2D eigenvalue weighted by Gasteiger charge is -2.32. The van der Waals surface area contributed by atoms with Crippen LogP contribution in [0.15, 0.2) is 17.5 Å². The lowest BCUT2D eigenvalue weighted by molar-refractivity contribution is 0.00578. The van der Waals surface area contributed by atoms with E-state index >= 15 is 0 Å². The van der Waals surface area contributed by atoms with Gasteiger partial charge in [-0.15, -0.1) is 22.7 Å². The van der Waals surface area contributed by atoms with Gasteiger partial charge in [0.2, 0.25) is 0 Å². The summed E-state index contributed by atoms with van der Waals surface area (Å²) in [5.74, 6) is 0. The van der Waals surface area contributed by atoms with Crippen molar-refractivity contribution in [2.45, 2.75) is 91.3 Å². The smallest absolute Gasteiger partial charge is 0.399 e. The highest BCUT2D eigenvalue weighted by molar-refractivity contribution is 7.23. The Bertz CT molecular complexity index is 816. The Morgan fingerprint density at radius 1 is 0.897 bits per heavy atom. The molecule has 0 aromatic carbocycles. The Hall–Kier alpha value is -0.875. The van der Waals surface area contributed by atoms with Gasteiger partial charge >= 0.3 is 7.12 Å². The molecular weight excluding hydrogens is 395 g/mol. The second-order valence-corrected chi connectivity index (χ2v) is 11.0. The molecule has 0 aliphatic carbocycles. The molecule has 1 aliphatic rings. The van der Waals surface area contributed by atoms with Gasteiger partial charge in [0, 0.05) is 14.5 Å². The first kappa shape index (κ1) is 22.8. The van der Waals surface area contributed by atoms with Gasteiger partial charge in [-0.3, -0.25) is 0 Å². The maximum atomic E-state index is 6.30. The molecule has 3 rings (SSSR count). The first-order valence-electron chi connectivity index (χ1n) is 11.0. The molecule has 3 heterocycles. The normalized spacial score (nSPS) is 18.2. The molecule has 5 heteroatoms. The molecule has 0 saturated carbocycles. The Balaban J connectivity index is 1.84. The van der Waals surface area contributed by atoms with E-state index in [1.54, 1.807) is 0 Å². The van der Waals surface area contributed by atoms with Crippen molar-refractivity contribution in [3.8, 4) is 0 Å². The number of thiophene rings is 2. The van der Waals surface area contributed by atoms with E-state index in [2.05, 4.69) is 71.2 Å². The van der Waals surface area contributed by atoms with E-state index in [-0.39, 0.29) is 18.3 Å². The minimum atomic E-state index is -0.299.